The number of H-pyrrole nitrogens is 1. The Bertz CT molecular complexity index is 1230. The highest BCUT2D eigenvalue weighted by Crippen LogP contribution is 2.25. The Morgan fingerprint density at radius 3 is 2.61 bits per heavy atom. The molecule has 2 heterocycles. The van der Waals surface area contributed by atoms with E-state index in [-0.39, 0.29) is 5.69 Å². The second kappa shape index (κ2) is 9.27. The molecule has 0 unspecified atom stereocenters. The fraction of sp³-hybridized carbons (Fsp3) is 0. The van der Waals surface area contributed by atoms with Crippen LogP contribution in [0.5, 0.6) is 0 Å². The summed E-state index contributed by atoms with van der Waals surface area (Å²) in [6, 6.07) is 25.0. The third kappa shape index (κ3) is 5.07. The van der Waals surface area contributed by atoms with E-state index in [1.54, 1.807) is 30.5 Å². The maximum atomic E-state index is 11.0. The number of rotatable bonds is 6. The maximum Gasteiger partial charge on any atom is 0.270 e. The van der Waals surface area contributed by atoms with Crippen LogP contribution in [-0.4, -0.2) is 17.0 Å². The molecule has 0 radical (unpaired) electrons. The number of aliphatic imine (C=N–C) groups is 1. The van der Waals surface area contributed by atoms with Crippen LogP contribution in [0.2, 0.25) is 0 Å². The Kier molecular flexibility index (Phi) is 5.90. The standard InChI is InChI=1S/C23H17N5O3/c29-28(30)19-10-6-7-17(15-19)22-13-12-20(31-22)16-25-27-23(21-11-4-5-14-24-21)26-18-8-2-1-3-9-18/h1-16H,(H,26,27)/p+1. The van der Waals surface area contributed by atoms with Gasteiger partial charge in [-0.05, 0) is 30.3 Å². The van der Waals surface area contributed by atoms with Gasteiger partial charge in [0.15, 0.2) is 6.20 Å². The number of furan rings is 1. The molecule has 0 aliphatic heterocycles. The van der Waals surface area contributed by atoms with E-state index in [1.165, 1.54) is 18.3 Å². The number of nitrogens with one attached hydrogen (secondary N) is 2. The summed E-state index contributed by atoms with van der Waals surface area (Å²) < 4.78 is 5.75. The highest BCUT2D eigenvalue weighted by molar-refractivity contribution is 5.97. The van der Waals surface area contributed by atoms with Gasteiger partial charge in [0.2, 0.25) is 11.5 Å². The van der Waals surface area contributed by atoms with Gasteiger partial charge in [-0.2, -0.15) is 5.10 Å². The van der Waals surface area contributed by atoms with E-state index in [0.717, 1.165) is 11.4 Å². The predicted molar refractivity (Wildman–Crippen MR) is 117 cm³/mol. The minimum atomic E-state index is -0.438. The van der Waals surface area contributed by atoms with Crippen molar-refractivity contribution in [1.82, 2.24) is 5.43 Å². The average Bonchev–Trinajstić information content (AvgIpc) is 3.29. The molecule has 2 aromatic heterocycles. The first kappa shape index (κ1) is 19.7. The van der Waals surface area contributed by atoms with E-state index >= 15 is 0 Å². The zero-order valence-corrected chi connectivity index (χ0v) is 16.3. The summed E-state index contributed by atoms with van der Waals surface area (Å²) in [5, 5.41) is 15.2. The number of benzene rings is 2. The van der Waals surface area contributed by atoms with Gasteiger partial charge in [-0.3, -0.25) is 15.5 Å². The first-order valence-corrected chi connectivity index (χ1v) is 9.43. The Morgan fingerprint density at radius 2 is 1.84 bits per heavy atom. The lowest BCUT2D eigenvalue weighted by Gasteiger charge is -2.01. The largest absolute Gasteiger partial charge is 0.455 e. The molecule has 4 rings (SSSR count). The van der Waals surface area contributed by atoms with Crippen molar-refractivity contribution in [2.75, 3.05) is 0 Å². The second-order valence-electron chi connectivity index (χ2n) is 6.45. The van der Waals surface area contributed by atoms with Gasteiger partial charge >= 0.3 is 0 Å². The van der Waals surface area contributed by atoms with Gasteiger partial charge in [0.05, 0.1) is 16.8 Å². The number of nitro groups is 1. The van der Waals surface area contributed by atoms with Crippen LogP contribution < -0.4 is 10.4 Å². The molecular formula is C23H18N5O3+. The SMILES string of the molecule is O=[N+]([O-])c1cccc(-c2ccc(C=NNC(=Nc3ccccc3)c3cccc[nH+]3)o2)c1. The van der Waals surface area contributed by atoms with Crippen LogP contribution in [0.3, 0.4) is 0 Å². The van der Waals surface area contributed by atoms with Crippen LogP contribution in [0.15, 0.2) is 106 Å². The molecule has 31 heavy (non-hydrogen) atoms. The molecule has 0 atom stereocenters. The van der Waals surface area contributed by atoms with E-state index < -0.39 is 4.92 Å². The zero-order valence-electron chi connectivity index (χ0n) is 16.3. The summed E-state index contributed by atoms with van der Waals surface area (Å²) in [5.74, 6) is 1.54. The fourth-order valence-corrected chi connectivity index (χ4v) is 2.82. The number of aromatic amines is 1. The van der Waals surface area contributed by atoms with E-state index in [9.17, 15) is 10.1 Å². The van der Waals surface area contributed by atoms with Gasteiger partial charge < -0.3 is 4.42 Å². The van der Waals surface area contributed by atoms with Crippen molar-refractivity contribution < 1.29 is 14.3 Å². The monoisotopic (exact) mass is 412 g/mol. The van der Waals surface area contributed by atoms with Crippen LogP contribution >= 0.6 is 0 Å². The van der Waals surface area contributed by atoms with Gasteiger partial charge in [-0.25, -0.2) is 9.98 Å². The molecule has 0 fully saturated rings. The number of hydrogen-bond donors (Lipinski definition) is 1. The molecule has 8 nitrogen and oxygen atoms in total. The molecule has 0 amide bonds. The third-order valence-corrected chi connectivity index (χ3v) is 4.29. The quantitative estimate of drug-likeness (QED) is 0.220. The van der Waals surface area contributed by atoms with Crippen molar-refractivity contribution in [2.24, 2.45) is 10.1 Å². The number of nitrogens with zero attached hydrogens (tertiary/aromatic N) is 3. The first-order chi connectivity index (χ1) is 15.2. The van der Waals surface area contributed by atoms with Crippen LogP contribution in [0, 0.1) is 10.1 Å². The van der Waals surface area contributed by atoms with Crippen LogP contribution in [0.25, 0.3) is 11.3 Å². The van der Waals surface area contributed by atoms with Crippen LogP contribution in [0.4, 0.5) is 11.4 Å². The minimum absolute atomic E-state index is 0.00617. The first-order valence-electron chi connectivity index (χ1n) is 9.43. The van der Waals surface area contributed by atoms with Crippen molar-refractivity contribution >= 4 is 23.4 Å². The molecule has 0 aliphatic rings. The lowest BCUT2D eigenvalue weighted by molar-refractivity contribution is -0.384. The molecule has 0 aliphatic carbocycles. The minimum Gasteiger partial charge on any atom is -0.455 e. The zero-order chi connectivity index (χ0) is 21.5. The fourth-order valence-electron chi connectivity index (χ4n) is 2.82. The molecule has 0 bridgehead atoms. The molecule has 0 spiro atoms. The van der Waals surface area contributed by atoms with Crippen molar-refractivity contribution in [3.8, 4) is 11.3 Å². The maximum absolute atomic E-state index is 11.0. The van der Waals surface area contributed by atoms with E-state index in [1.807, 2.05) is 48.5 Å². The van der Waals surface area contributed by atoms with Gasteiger partial charge in [0, 0.05) is 29.8 Å². The summed E-state index contributed by atoms with van der Waals surface area (Å²) in [4.78, 5) is 18.3. The average molecular weight is 412 g/mol. The highest BCUT2D eigenvalue weighted by Gasteiger charge is 2.11. The molecule has 4 aromatic rings. The second-order valence-corrected chi connectivity index (χ2v) is 6.45. The number of amidine groups is 1. The number of hydrazone groups is 1. The Balaban J connectivity index is 1.53. The normalized spacial score (nSPS) is 11.5. The predicted octanol–water partition coefficient (Wildman–Crippen LogP) is 4.37. The molecule has 0 saturated heterocycles. The lowest BCUT2D eigenvalue weighted by Crippen LogP contribution is -2.26. The molecule has 2 aromatic carbocycles. The van der Waals surface area contributed by atoms with Gasteiger partial charge in [0.25, 0.3) is 5.69 Å². The Hall–Kier alpha value is -4.59. The number of hydrogen-bond acceptors (Lipinski definition) is 5. The number of pyridine rings is 1. The molecule has 8 heteroatoms. The van der Waals surface area contributed by atoms with Crippen LogP contribution in [-0.2, 0) is 0 Å². The lowest BCUT2D eigenvalue weighted by atomic mass is 10.1. The van der Waals surface area contributed by atoms with Crippen molar-refractivity contribution in [3.63, 3.8) is 0 Å². The highest BCUT2D eigenvalue weighted by atomic mass is 16.6. The summed E-state index contributed by atoms with van der Waals surface area (Å²) in [5.41, 5.74) is 5.11. The topological polar surface area (TPSA) is 107 Å². The Morgan fingerprint density at radius 1 is 1.00 bits per heavy atom. The molecular weight excluding hydrogens is 394 g/mol. The van der Waals surface area contributed by atoms with Crippen molar-refractivity contribution in [1.29, 1.82) is 0 Å². The number of para-hydroxylation sites is 1. The van der Waals surface area contributed by atoms with Gasteiger partial charge in [-0.1, -0.05) is 30.3 Å². The van der Waals surface area contributed by atoms with Crippen LogP contribution in [0.1, 0.15) is 11.5 Å². The van der Waals surface area contributed by atoms with E-state index in [2.05, 4.69) is 20.5 Å². The number of aromatic nitrogens is 1. The molecule has 0 saturated carbocycles. The Labute approximate surface area is 177 Å². The smallest absolute Gasteiger partial charge is 0.270 e. The van der Waals surface area contributed by atoms with E-state index in [4.69, 9.17) is 4.42 Å². The third-order valence-electron chi connectivity index (χ3n) is 4.29. The number of non-ortho nitro benzene ring substituents is 1. The van der Waals surface area contributed by atoms with Gasteiger partial charge in [0.1, 0.15) is 11.5 Å². The molecule has 152 valence electrons. The van der Waals surface area contributed by atoms with E-state index in [0.29, 0.717) is 22.9 Å². The van der Waals surface area contributed by atoms with Gasteiger partial charge in [-0.15, -0.1) is 0 Å². The molecule has 2 N–H and O–H groups in total. The van der Waals surface area contributed by atoms with Crippen molar-refractivity contribution in [3.05, 3.63) is 113 Å². The summed E-state index contributed by atoms with van der Waals surface area (Å²) in [6.45, 7) is 0. The summed E-state index contributed by atoms with van der Waals surface area (Å²) in [6.07, 6.45) is 3.32. The summed E-state index contributed by atoms with van der Waals surface area (Å²) in [7, 11) is 0. The summed E-state index contributed by atoms with van der Waals surface area (Å²) >= 11 is 0. The van der Waals surface area contributed by atoms with Crippen molar-refractivity contribution in [2.45, 2.75) is 0 Å². The number of nitro benzene ring substituents is 1.